The highest BCUT2D eigenvalue weighted by atomic mass is 35.5. The minimum absolute atomic E-state index is 0.379. The molecule has 0 spiro atoms. The Morgan fingerprint density at radius 2 is 2.42 bits per heavy atom. The monoisotopic (exact) mass is 184 g/mol. The van der Waals surface area contributed by atoms with E-state index in [9.17, 15) is 4.79 Å². The van der Waals surface area contributed by atoms with Crippen molar-refractivity contribution < 1.29 is 4.79 Å². The summed E-state index contributed by atoms with van der Waals surface area (Å²) in [7, 11) is 0. The first-order valence-corrected chi connectivity index (χ1v) is 4.34. The lowest BCUT2D eigenvalue weighted by Crippen LogP contribution is -1.95. The maximum atomic E-state index is 11.0. The SMILES string of the molecule is Cc1nn2c(c1C(=O)Cl)CCC2. The van der Waals surface area contributed by atoms with Crippen molar-refractivity contribution in [3.63, 3.8) is 0 Å². The number of carbonyl (C=O) groups excluding carboxylic acids is 1. The Balaban J connectivity index is 2.59. The fourth-order valence-corrected chi connectivity index (χ4v) is 1.97. The zero-order chi connectivity index (χ0) is 8.72. The Kier molecular flexibility index (Phi) is 1.68. The topological polar surface area (TPSA) is 34.9 Å². The molecule has 0 unspecified atom stereocenters. The lowest BCUT2D eigenvalue weighted by molar-refractivity contribution is 0.108. The Morgan fingerprint density at radius 3 is 3.08 bits per heavy atom. The van der Waals surface area contributed by atoms with E-state index >= 15 is 0 Å². The standard InChI is InChI=1S/C8H9ClN2O/c1-5-7(8(9)12)6-3-2-4-11(6)10-5/h2-4H2,1H3. The smallest absolute Gasteiger partial charge is 0.256 e. The van der Waals surface area contributed by atoms with E-state index in [1.54, 1.807) is 0 Å². The van der Waals surface area contributed by atoms with Crippen LogP contribution in [0.25, 0.3) is 0 Å². The van der Waals surface area contributed by atoms with Gasteiger partial charge in [-0.15, -0.1) is 0 Å². The van der Waals surface area contributed by atoms with E-state index in [-0.39, 0.29) is 5.24 Å². The van der Waals surface area contributed by atoms with Crippen molar-refractivity contribution in [2.45, 2.75) is 26.3 Å². The molecular formula is C8H9ClN2O. The minimum Gasteiger partial charge on any atom is -0.275 e. The summed E-state index contributed by atoms with van der Waals surface area (Å²) in [6.07, 6.45) is 1.99. The van der Waals surface area contributed by atoms with Crippen molar-refractivity contribution in [3.05, 3.63) is 17.0 Å². The largest absolute Gasteiger partial charge is 0.275 e. The molecule has 0 N–H and O–H groups in total. The van der Waals surface area contributed by atoms with Gasteiger partial charge in [0.1, 0.15) is 0 Å². The first-order valence-electron chi connectivity index (χ1n) is 3.96. The highest BCUT2D eigenvalue weighted by Crippen LogP contribution is 2.22. The molecule has 0 fully saturated rings. The van der Waals surface area contributed by atoms with Crippen molar-refractivity contribution in [2.75, 3.05) is 0 Å². The number of aromatic nitrogens is 2. The molecule has 0 saturated heterocycles. The number of rotatable bonds is 1. The molecule has 4 heteroatoms. The van der Waals surface area contributed by atoms with Gasteiger partial charge in [-0.25, -0.2) is 0 Å². The Morgan fingerprint density at radius 1 is 1.67 bits per heavy atom. The minimum atomic E-state index is -0.379. The van der Waals surface area contributed by atoms with E-state index in [1.807, 2.05) is 11.6 Å². The summed E-state index contributed by atoms with van der Waals surface area (Å²) in [6, 6.07) is 0. The van der Waals surface area contributed by atoms with E-state index < -0.39 is 0 Å². The van der Waals surface area contributed by atoms with Crippen LogP contribution in [0.4, 0.5) is 0 Å². The van der Waals surface area contributed by atoms with Gasteiger partial charge in [-0.2, -0.15) is 5.10 Å². The van der Waals surface area contributed by atoms with Crippen LogP contribution in [0, 0.1) is 6.92 Å². The van der Waals surface area contributed by atoms with E-state index in [1.165, 1.54) is 0 Å². The van der Waals surface area contributed by atoms with Gasteiger partial charge in [-0.05, 0) is 31.4 Å². The highest BCUT2D eigenvalue weighted by Gasteiger charge is 2.22. The zero-order valence-corrected chi connectivity index (χ0v) is 7.56. The van der Waals surface area contributed by atoms with Crippen molar-refractivity contribution in [1.29, 1.82) is 0 Å². The molecule has 0 aliphatic carbocycles. The summed E-state index contributed by atoms with van der Waals surface area (Å²) in [5.41, 5.74) is 2.38. The number of aryl methyl sites for hydroxylation is 2. The first-order chi connectivity index (χ1) is 5.70. The van der Waals surface area contributed by atoms with Crippen molar-refractivity contribution in [2.24, 2.45) is 0 Å². The number of fused-ring (bicyclic) bond motifs is 1. The fourth-order valence-electron chi connectivity index (χ4n) is 1.72. The van der Waals surface area contributed by atoms with Gasteiger partial charge in [0.15, 0.2) is 0 Å². The van der Waals surface area contributed by atoms with Crippen LogP contribution < -0.4 is 0 Å². The number of nitrogens with zero attached hydrogens (tertiary/aromatic N) is 2. The average molecular weight is 185 g/mol. The molecule has 1 aliphatic rings. The summed E-state index contributed by atoms with van der Waals surface area (Å²) < 4.78 is 1.88. The number of hydrogen-bond donors (Lipinski definition) is 0. The van der Waals surface area contributed by atoms with Crippen molar-refractivity contribution >= 4 is 16.8 Å². The van der Waals surface area contributed by atoms with Crippen LogP contribution in [0.1, 0.15) is 28.2 Å². The molecule has 0 saturated carbocycles. The van der Waals surface area contributed by atoms with Gasteiger partial charge in [0, 0.05) is 6.54 Å². The predicted octanol–water partition coefficient (Wildman–Crippen LogP) is 1.52. The Bertz CT molecular complexity index is 343. The Hall–Kier alpha value is -0.830. The van der Waals surface area contributed by atoms with Crippen molar-refractivity contribution in [1.82, 2.24) is 9.78 Å². The molecule has 0 radical (unpaired) electrons. The second kappa shape index (κ2) is 2.59. The normalized spacial score (nSPS) is 14.8. The van der Waals surface area contributed by atoms with E-state index in [2.05, 4.69) is 5.10 Å². The van der Waals surface area contributed by atoms with Gasteiger partial charge in [0.25, 0.3) is 5.24 Å². The number of carbonyl (C=O) groups is 1. The molecular weight excluding hydrogens is 176 g/mol. The van der Waals surface area contributed by atoms with Gasteiger partial charge in [0.2, 0.25) is 0 Å². The van der Waals surface area contributed by atoms with Gasteiger partial charge in [0.05, 0.1) is 17.0 Å². The summed E-state index contributed by atoms with van der Waals surface area (Å²) in [5, 5.41) is 3.84. The molecule has 2 rings (SSSR count). The van der Waals surface area contributed by atoms with Crippen molar-refractivity contribution in [3.8, 4) is 0 Å². The molecule has 0 bridgehead atoms. The van der Waals surface area contributed by atoms with Crippen LogP contribution in [-0.4, -0.2) is 15.0 Å². The van der Waals surface area contributed by atoms with E-state index in [0.29, 0.717) is 5.56 Å². The molecule has 12 heavy (non-hydrogen) atoms. The second-order valence-corrected chi connectivity index (χ2v) is 3.35. The first kappa shape index (κ1) is 7.80. The van der Waals surface area contributed by atoms with E-state index in [0.717, 1.165) is 30.8 Å². The second-order valence-electron chi connectivity index (χ2n) is 3.01. The lowest BCUT2D eigenvalue weighted by Gasteiger charge is -1.92. The fraction of sp³-hybridized carbons (Fsp3) is 0.500. The van der Waals surface area contributed by atoms with Crippen LogP contribution in [0.3, 0.4) is 0 Å². The highest BCUT2D eigenvalue weighted by molar-refractivity contribution is 6.68. The third kappa shape index (κ3) is 0.966. The third-order valence-electron chi connectivity index (χ3n) is 2.21. The molecule has 3 nitrogen and oxygen atoms in total. The molecule has 1 aromatic rings. The maximum Gasteiger partial charge on any atom is 0.256 e. The van der Waals surface area contributed by atoms with Gasteiger partial charge >= 0.3 is 0 Å². The zero-order valence-electron chi connectivity index (χ0n) is 6.80. The van der Waals surface area contributed by atoms with Gasteiger partial charge < -0.3 is 0 Å². The molecule has 0 amide bonds. The van der Waals surface area contributed by atoms with Crippen LogP contribution in [0.5, 0.6) is 0 Å². The molecule has 1 aromatic heterocycles. The van der Waals surface area contributed by atoms with E-state index in [4.69, 9.17) is 11.6 Å². The predicted molar refractivity (Wildman–Crippen MR) is 45.5 cm³/mol. The third-order valence-corrected chi connectivity index (χ3v) is 2.40. The molecule has 2 heterocycles. The van der Waals surface area contributed by atoms with Crippen LogP contribution in [0.2, 0.25) is 0 Å². The van der Waals surface area contributed by atoms with Crippen LogP contribution in [-0.2, 0) is 13.0 Å². The molecule has 0 atom stereocenters. The summed E-state index contributed by atoms with van der Waals surface area (Å²) in [4.78, 5) is 11.0. The molecule has 0 aromatic carbocycles. The number of hydrogen-bond acceptors (Lipinski definition) is 2. The number of halogens is 1. The van der Waals surface area contributed by atoms with Gasteiger partial charge in [-0.1, -0.05) is 0 Å². The lowest BCUT2D eigenvalue weighted by atomic mass is 10.1. The Labute approximate surface area is 75.3 Å². The van der Waals surface area contributed by atoms with Crippen LogP contribution >= 0.6 is 11.6 Å². The quantitative estimate of drug-likeness (QED) is 0.621. The van der Waals surface area contributed by atoms with Gasteiger partial charge in [-0.3, -0.25) is 9.48 Å². The van der Waals surface area contributed by atoms with Crippen LogP contribution in [0.15, 0.2) is 0 Å². The summed E-state index contributed by atoms with van der Waals surface area (Å²) >= 11 is 5.44. The maximum absolute atomic E-state index is 11.0. The molecule has 1 aliphatic heterocycles. The summed E-state index contributed by atoms with van der Waals surface area (Å²) in [6.45, 7) is 2.74. The average Bonchev–Trinajstić information content (AvgIpc) is 2.44. The summed E-state index contributed by atoms with van der Waals surface area (Å²) in [5.74, 6) is 0. The molecule has 64 valence electrons.